The largest absolute Gasteiger partial charge is 0.301 e. The number of pyridine rings is 1. The van der Waals surface area contributed by atoms with Gasteiger partial charge in [-0.1, -0.05) is 54.9 Å². The van der Waals surface area contributed by atoms with E-state index in [1.165, 1.54) is 16.9 Å². The first-order valence-corrected chi connectivity index (χ1v) is 11.9. The third-order valence-electron chi connectivity index (χ3n) is 5.72. The Labute approximate surface area is 214 Å². The number of aromatic nitrogens is 4. The zero-order valence-corrected chi connectivity index (χ0v) is 21.3. The maximum absolute atomic E-state index is 13.5. The standard InChI is InChI=1S/C26H21BrN6O3/c1-26(2,3)25-30-21-10-8-17(27)12-20(21)24(34)32(25)29-13-16-15-31(22-7-5-4-6-19(16)22)23-11-9-18(14-28-23)33(35)36/h4-15H,1-3H3. The highest BCUT2D eigenvalue weighted by Gasteiger charge is 2.23. The van der Waals surface area contributed by atoms with E-state index < -0.39 is 10.3 Å². The zero-order chi connectivity index (χ0) is 25.6. The summed E-state index contributed by atoms with van der Waals surface area (Å²) in [6.45, 7) is 5.95. The van der Waals surface area contributed by atoms with Crippen molar-refractivity contribution in [2.75, 3.05) is 0 Å². The van der Waals surface area contributed by atoms with Crippen molar-refractivity contribution in [3.8, 4) is 5.82 Å². The molecule has 0 spiro atoms. The zero-order valence-electron chi connectivity index (χ0n) is 19.7. The van der Waals surface area contributed by atoms with Crippen molar-refractivity contribution in [2.24, 2.45) is 5.10 Å². The first-order chi connectivity index (χ1) is 17.1. The van der Waals surface area contributed by atoms with Crippen LogP contribution in [0.15, 0.2) is 81.4 Å². The van der Waals surface area contributed by atoms with E-state index in [9.17, 15) is 14.9 Å². The van der Waals surface area contributed by atoms with Gasteiger partial charge in [-0.3, -0.25) is 14.9 Å². The van der Waals surface area contributed by atoms with Gasteiger partial charge in [0.05, 0.1) is 27.6 Å². The first kappa shape index (κ1) is 23.6. The van der Waals surface area contributed by atoms with E-state index in [0.29, 0.717) is 22.5 Å². The predicted octanol–water partition coefficient (Wildman–Crippen LogP) is 5.59. The number of para-hydroxylation sites is 1. The highest BCUT2D eigenvalue weighted by Crippen LogP contribution is 2.25. The molecule has 9 nitrogen and oxygen atoms in total. The van der Waals surface area contributed by atoms with Gasteiger partial charge in [0, 0.05) is 33.1 Å². The number of hydrogen-bond donors (Lipinski definition) is 0. The summed E-state index contributed by atoms with van der Waals surface area (Å²) in [4.78, 5) is 33.0. The van der Waals surface area contributed by atoms with Gasteiger partial charge in [-0.2, -0.15) is 9.78 Å². The van der Waals surface area contributed by atoms with Crippen molar-refractivity contribution in [1.29, 1.82) is 0 Å². The Bertz CT molecular complexity index is 1730. The Morgan fingerprint density at radius 1 is 1.08 bits per heavy atom. The van der Waals surface area contributed by atoms with Gasteiger partial charge in [0.1, 0.15) is 17.8 Å². The van der Waals surface area contributed by atoms with Crippen LogP contribution in [0.3, 0.4) is 0 Å². The third-order valence-corrected chi connectivity index (χ3v) is 6.22. The molecule has 36 heavy (non-hydrogen) atoms. The lowest BCUT2D eigenvalue weighted by Gasteiger charge is -2.20. The Hall–Kier alpha value is -4.18. The second kappa shape index (κ2) is 8.80. The van der Waals surface area contributed by atoms with Gasteiger partial charge < -0.3 is 4.57 Å². The second-order valence-corrected chi connectivity index (χ2v) is 10.2. The van der Waals surface area contributed by atoms with E-state index in [-0.39, 0.29) is 11.2 Å². The number of nitrogens with zero attached hydrogens (tertiary/aromatic N) is 6. The molecule has 5 aromatic rings. The Kier molecular flexibility index (Phi) is 5.76. The van der Waals surface area contributed by atoms with Crippen LogP contribution in [-0.2, 0) is 5.41 Å². The fourth-order valence-corrected chi connectivity index (χ4v) is 4.35. The summed E-state index contributed by atoms with van der Waals surface area (Å²) >= 11 is 3.43. The van der Waals surface area contributed by atoms with Gasteiger partial charge in [0.15, 0.2) is 0 Å². The van der Waals surface area contributed by atoms with E-state index in [2.05, 4.69) is 26.0 Å². The molecule has 0 bridgehead atoms. The molecule has 10 heteroatoms. The summed E-state index contributed by atoms with van der Waals surface area (Å²) < 4.78 is 3.97. The maximum atomic E-state index is 13.5. The highest BCUT2D eigenvalue weighted by molar-refractivity contribution is 9.10. The van der Waals surface area contributed by atoms with E-state index in [4.69, 9.17) is 4.98 Å². The minimum absolute atomic E-state index is 0.0819. The lowest BCUT2D eigenvalue weighted by molar-refractivity contribution is -0.385. The molecule has 0 atom stereocenters. The van der Waals surface area contributed by atoms with Gasteiger partial charge in [-0.05, 0) is 30.3 Å². The van der Waals surface area contributed by atoms with Crippen LogP contribution in [0.2, 0.25) is 0 Å². The number of nitro groups is 1. The van der Waals surface area contributed by atoms with Crippen LogP contribution >= 0.6 is 15.9 Å². The molecule has 0 aliphatic rings. The quantitative estimate of drug-likeness (QED) is 0.166. The fraction of sp³-hybridized carbons (Fsp3) is 0.154. The molecule has 0 saturated heterocycles. The molecule has 2 aromatic carbocycles. The van der Waals surface area contributed by atoms with Crippen LogP contribution in [0, 0.1) is 10.1 Å². The minimum atomic E-state index is -0.483. The Morgan fingerprint density at radius 2 is 1.86 bits per heavy atom. The van der Waals surface area contributed by atoms with Gasteiger partial charge in [-0.15, -0.1) is 0 Å². The van der Waals surface area contributed by atoms with Gasteiger partial charge in [0.25, 0.3) is 11.2 Å². The molecule has 0 radical (unpaired) electrons. The molecule has 0 saturated carbocycles. The van der Waals surface area contributed by atoms with Crippen LogP contribution in [-0.4, -0.2) is 30.3 Å². The summed E-state index contributed by atoms with van der Waals surface area (Å²) in [6.07, 6.45) is 4.70. The fourth-order valence-electron chi connectivity index (χ4n) is 3.99. The van der Waals surface area contributed by atoms with Crippen LogP contribution in [0.25, 0.3) is 27.6 Å². The average Bonchev–Trinajstić information content (AvgIpc) is 3.22. The van der Waals surface area contributed by atoms with E-state index >= 15 is 0 Å². The van der Waals surface area contributed by atoms with E-state index in [1.807, 2.05) is 67.9 Å². The molecule has 5 rings (SSSR count). The van der Waals surface area contributed by atoms with Crippen molar-refractivity contribution < 1.29 is 4.92 Å². The third kappa shape index (κ3) is 4.20. The van der Waals surface area contributed by atoms with Crippen molar-refractivity contribution in [3.63, 3.8) is 0 Å². The van der Waals surface area contributed by atoms with E-state index in [0.717, 1.165) is 20.9 Å². The molecule has 3 heterocycles. The number of fused-ring (bicyclic) bond motifs is 2. The summed E-state index contributed by atoms with van der Waals surface area (Å²) in [5.74, 6) is 1.07. The number of halogens is 1. The Morgan fingerprint density at radius 3 is 2.56 bits per heavy atom. The van der Waals surface area contributed by atoms with Gasteiger partial charge in [0.2, 0.25) is 0 Å². The molecule has 3 aromatic heterocycles. The van der Waals surface area contributed by atoms with Crippen molar-refractivity contribution in [1.82, 2.24) is 19.2 Å². The van der Waals surface area contributed by atoms with Gasteiger partial charge >= 0.3 is 0 Å². The number of hydrogen-bond acceptors (Lipinski definition) is 6. The summed E-state index contributed by atoms with van der Waals surface area (Å²) in [6, 6.07) is 16.1. The molecular weight excluding hydrogens is 524 g/mol. The average molecular weight is 545 g/mol. The van der Waals surface area contributed by atoms with Crippen molar-refractivity contribution in [3.05, 3.63) is 103 Å². The van der Waals surface area contributed by atoms with Crippen LogP contribution in [0.5, 0.6) is 0 Å². The summed E-state index contributed by atoms with van der Waals surface area (Å²) in [7, 11) is 0. The van der Waals surface area contributed by atoms with Crippen LogP contribution in [0.4, 0.5) is 5.69 Å². The van der Waals surface area contributed by atoms with Crippen LogP contribution in [0.1, 0.15) is 32.2 Å². The van der Waals surface area contributed by atoms with Crippen LogP contribution < -0.4 is 5.56 Å². The normalized spacial score (nSPS) is 12.1. The minimum Gasteiger partial charge on any atom is -0.301 e. The molecule has 0 aliphatic carbocycles. The van der Waals surface area contributed by atoms with Gasteiger partial charge in [-0.25, -0.2) is 9.97 Å². The number of benzene rings is 2. The summed E-state index contributed by atoms with van der Waals surface area (Å²) in [5.41, 5.74) is 1.44. The maximum Gasteiger partial charge on any atom is 0.287 e. The molecule has 0 aliphatic heterocycles. The first-order valence-electron chi connectivity index (χ1n) is 11.1. The van der Waals surface area contributed by atoms with E-state index in [1.54, 1.807) is 18.3 Å². The van der Waals surface area contributed by atoms with Crippen molar-refractivity contribution >= 4 is 49.6 Å². The molecule has 0 fully saturated rings. The number of rotatable bonds is 4. The second-order valence-electron chi connectivity index (χ2n) is 9.31. The smallest absolute Gasteiger partial charge is 0.287 e. The lowest BCUT2D eigenvalue weighted by atomic mass is 9.95. The lowest BCUT2D eigenvalue weighted by Crippen LogP contribution is -2.29. The monoisotopic (exact) mass is 544 g/mol. The molecule has 0 amide bonds. The topological polar surface area (TPSA) is 108 Å². The SMILES string of the molecule is CC(C)(C)c1nc2ccc(Br)cc2c(=O)n1N=Cc1cn(-c2ccc([N+](=O)[O-])cn2)c2ccccc12. The highest BCUT2D eigenvalue weighted by atomic mass is 79.9. The summed E-state index contributed by atoms with van der Waals surface area (Å²) in [5, 5.41) is 17.0. The van der Waals surface area contributed by atoms with Crippen molar-refractivity contribution in [2.45, 2.75) is 26.2 Å². The molecule has 0 unspecified atom stereocenters. The molecule has 180 valence electrons. The Balaban J connectivity index is 1.67. The molecular formula is C26H21BrN6O3. The molecule has 0 N–H and O–H groups in total. The predicted molar refractivity (Wildman–Crippen MR) is 143 cm³/mol.